The summed E-state index contributed by atoms with van der Waals surface area (Å²) in [6.07, 6.45) is 15.2. The van der Waals surface area contributed by atoms with E-state index in [0.717, 1.165) is 80.8 Å². The van der Waals surface area contributed by atoms with Crippen LogP contribution >= 0.6 is 0 Å². The van der Waals surface area contributed by atoms with Gasteiger partial charge in [-0.25, -0.2) is 4.79 Å². The highest BCUT2D eigenvalue weighted by molar-refractivity contribution is 5.93. The van der Waals surface area contributed by atoms with Crippen molar-refractivity contribution in [1.29, 1.82) is 0 Å². The number of esters is 1. The van der Waals surface area contributed by atoms with Gasteiger partial charge in [0.15, 0.2) is 0 Å². The van der Waals surface area contributed by atoms with Crippen LogP contribution in [0.4, 0.5) is 5.69 Å². The van der Waals surface area contributed by atoms with Crippen molar-refractivity contribution < 1.29 is 14.6 Å². The summed E-state index contributed by atoms with van der Waals surface area (Å²) in [5.41, 5.74) is 8.66. The zero-order chi connectivity index (χ0) is 31.9. The van der Waals surface area contributed by atoms with Crippen molar-refractivity contribution >= 4 is 22.6 Å². The summed E-state index contributed by atoms with van der Waals surface area (Å²) in [5.74, 6) is 0.0930. The lowest BCUT2D eigenvalue weighted by molar-refractivity contribution is -0.137. The molecule has 6 atom stereocenters. The number of para-hydroxylation sites is 1. The molecule has 6 aliphatic heterocycles. The van der Waals surface area contributed by atoms with Gasteiger partial charge in [-0.15, -0.1) is 0 Å². The third kappa shape index (κ3) is 3.28. The fraction of sp³-hybridized carbons (Fsp3) is 0.475. The standard InChI is InChI=1S/C40H44N4O3/c1-4-38-13-8-16-42-18-12-25-24-10-6-7-11-30(24)44(33(25)35(38)42)31(23-38)26-20-28-29(21-32(26)45)41-34-27(36(46)47-3)22-39(5-2)14-9-17-43-19-15-40(28,34)37(39)43/h6-11,13-14,20-21,31,35,37,41,45H,4-5,12,15-19,22-23H2,1-3H3/t31?,35-,37+,38+,39?,40-/m0/s1. The number of hydrogen-bond donors (Lipinski definition) is 2. The first kappa shape index (κ1) is 28.2. The molecule has 0 saturated carbocycles. The normalized spacial score (nSPS) is 34.6. The molecule has 7 nitrogen and oxygen atoms in total. The molecule has 2 aromatic carbocycles. The molecule has 10 rings (SSSR count). The summed E-state index contributed by atoms with van der Waals surface area (Å²) in [4.78, 5) is 18.9. The molecule has 0 amide bonds. The summed E-state index contributed by atoms with van der Waals surface area (Å²) in [6, 6.07) is 13.8. The van der Waals surface area contributed by atoms with Gasteiger partial charge in [-0.05, 0) is 61.8 Å². The molecule has 47 heavy (non-hydrogen) atoms. The number of methoxy groups -OCH3 is 1. The SMILES string of the molecule is CCC12C=CCN3CC[C@]4(C(=C(C(=O)OC)C1)Nc1cc(O)c(C5C[C@@]6(CC)C=CCN7CCc8c(n5c5ccccc85)[C@H]76)cc14)[C@H]32. The molecule has 7 heterocycles. The third-order valence-corrected chi connectivity index (χ3v) is 13.8. The van der Waals surface area contributed by atoms with Crippen LogP contribution in [-0.4, -0.2) is 64.8 Å². The van der Waals surface area contributed by atoms with E-state index in [1.165, 1.54) is 34.8 Å². The van der Waals surface area contributed by atoms with E-state index in [0.29, 0.717) is 18.2 Å². The zero-order valence-corrected chi connectivity index (χ0v) is 27.7. The molecule has 1 aromatic heterocycles. The molecule has 242 valence electrons. The second-order valence-corrected chi connectivity index (χ2v) is 15.3. The van der Waals surface area contributed by atoms with Crippen molar-refractivity contribution in [3.05, 3.63) is 94.4 Å². The van der Waals surface area contributed by atoms with Gasteiger partial charge in [-0.2, -0.15) is 0 Å². The minimum absolute atomic E-state index is 0.00586. The number of benzene rings is 2. The summed E-state index contributed by atoms with van der Waals surface area (Å²) in [6.45, 7) is 8.62. The van der Waals surface area contributed by atoms with Crippen LogP contribution in [0.15, 0.2) is 72.0 Å². The van der Waals surface area contributed by atoms with E-state index >= 15 is 0 Å². The Morgan fingerprint density at radius 1 is 1.04 bits per heavy atom. The molecule has 2 N–H and O–H groups in total. The maximum Gasteiger partial charge on any atom is 0.335 e. The van der Waals surface area contributed by atoms with Crippen molar-refractivity contribution in [1.82, 2.24) is 14.4 Å². The number of nitrogens with one attached hydrogen (secondary N) is 1. The van der Waals surface area contributed by atoms with Crippen LogP contribution in [0.1, 0.15) is 80.4 Å². The maximum absolute atomic E-state index is 13.5. The van der Waals surface area contributed by atoms with Crippen LogP contribution in [0.3, 0.4) is 0 Å². The van der Waals surface area contributed by atoms with Gasteiger partial charge in [0.05, 0.1) is 30.2 Å². The first-order valence-corrected chi connectivity index (χ1v) is 17.8. The van der Waals surface area contributed by atoms with Gasteiger partial charge in [0.1, 0.15) is 5.75 Å². The second kappa shape index (κ2) is 9.42. The largest absolute Gasteiger partial charge is 0.508 e. The number of anilines is 1. The van der Waals surface area contributed by atoms with Gasteiger partial charge >= 0.3 is 5.97 Å². The number of carbonyl (C=O) groups is 1. The minimum Gasteiger partial charge on any atom is -0.508 e. The predicted octanol–water partition coefficient (Wildman–Crippen LogP) is 6.74. The summed E-state index contributed by atoms with van der Waals surface area (Å²) < 4.78 is 8.06. The van der Waals surface area contributed by atoms with Crippen molar-refractivity contribution in [3.8, 4) is 5.75 Å². The Hall–Kier alpha value is -3.81. The molecule has 2 unspecified atom stereocenters. The number of fused-ring (bicyclic) bond motifs is 4. The number of aromatic nitrogens is 1. The van der Waals surface area contributed by atoms with Crippen LogP contribution < -0.4 is 5.32 Å². The molecule has 0 bridgehead atoms. The van der Waals surface area contributed by atoms with Crippen molar-refractivity contribution in [3.63, 3.8) is 0 Å². The van der Waals surface area contributed by atoms with E-state index in [1.807, 2.05) is 6.07 Å². The van der Waals surface area contributed by atoms with E-state index in [9.17, 15) is 9.90 Å². The lowest BCUT2D eigenvalue weighted by Crippen LogP contribution is -2.58. The Morgan fingerprint density at radius 3 is 2.64 bits per heavy atom. The van der Waals surface area contributed by atoms with Crippen LogP contribution in [0.5, 0.6) is 5.75 Å². The van der Waals surface area contributed by atoms with Crippen LogP contribution in [-0.2, 0) is 21.4 Å². The average molecular weight is 629 g/mol. The molecule has 1 saturated heterocycles. The highest BCUT2D eigenvalue weighted by atomic mass is 16.5. The molecular formula is C40H44N4O3. The van der Waals surface area contributed by atoms with E-state index in [2.05, 4.69) is 88.2 Å². The van der Waals surface area contributed by atoms with E-state index in [-0.39, 0.29) is 34.3 Å². The summed E-state index contributed by atoms with van der Waals surface area (Å²) in [7, 11) is 1.50. The Bertz CT molecular complexity index is 1990. The van der Waals surface area contributed by atoms with E-state index in [4.69, 9.17) is 4.74 Å². The van der Waals surface area contributed by atoms with Gasteiger partial charge in [-0.1, -0.05) is 56.4 Å². The monoisotopic (exact) mass is 628 g/mol. The Kier molecular flexibility index (Phi) is 5.65. The number of nitrogens with zero attached hydrogens (tertiary/aromatic N) is 3. The van der Waals surface area contributed by atoms with Gasteiger partial charge in [0, 0.05) is 82.7 Å². The van der Waals surface area contributed by atoms with Crippen LogP contribution in [0, 0.1) is 10.8 Å². The van der Waals surface area contributed by atoms with Crippen molar-refractivity contribution in [2.75, 3.05) is 38.6 Å². The van der Waals surface area contributed by atoms with Crippen LogP contribution in [0.25, 0.3) is 10.9 Å². The number of rotatable bonds is 4. The third-order valence-electron chi connectivity index (χ3n) is 13.8. The fourth-order valence-corrected chi connectivity index (χ4v) is 11.9. The van der Waals surface area contributed by atoms with Gasteiger partial charge in [0.2, 0.25) is 0 Å². The molecule has 0 radical (unpaired) electrons. The fourth-order valence-electron chi connectivity index (χ4n) is 11.9. The molecule has 1 spiro atoms. The molecular weight excluding hydrogens is 584 g/mol. The number of carbonyl (C=O) groups excluding carboxylic acids is 1. The maximum atomic E-state index is 13.5. The Balaban J connectivity index is 1.23. The number of phenolic OH excluding ortho intramolecular Hbond substituents is 1. The Labute approximate surface area is 276 Å². The van der Waals surface area contributed by atoms with E-state index in [1.54, 1.807) is 0 Å². The highest BCUT2D eigenvalue weighted by Gasteiger charge is 2.65. The average Bonchev–Trinajstić information content (AvgIpc) is 3.77. The first-order chi connectivity index (χ1) is 22.9. The van der Waals surface area contributed by atoms with Crippen LogP contribution in [0.2, 0.25) is 0 Å². The molecule has 3 aromatic rings. The molecule has 1 fully saturated rings. The number of hydrogen-bond acceptors (Lipinski definition) is 6. The molecule has 7 heteroatoms. The van der Waals surface area contributed by atoms with Crippen molar-refractivity contribution in [2.45, 2.75) is 75.9 Å². The van der Waals surface area contributed by atoms with E-state index < -0.39 is 0 Å². The minimum atomic E-state index is -0.361. The lowest BCUT2D eigenvalue weighted by atomic mass is 9.55. The lowest BCUT2D eigenvalue weighted by Gasteiger charge is -2.55. The van der Waals surface area contributed by atoms with Gasteiger partial charge in [0.25, 0.3) is 0 Å². The molecule has 7 aliphatic rings. The summed E-state index contributed by atoms with van der Waals surface area (Å²) in [5, 5.41) is 17.2. The number of aromatic hydroxyl groups is 1. The number of ether oxygens (including phenoxy) is 1. The topological polar surface area (TPSA) is 70.0 Å². The predicted molar refractivity (Wildman–Crippen MR) is 183 cm³/mol. The Morgan fingerprint density at radius 2 is 1.83 bits per heavy atom. The number of phenols is 1. The smallest absolute Gasteiger partial charge is 0.335 e. The van der Waals surface area contributed by atoms with Crippen molar-refractivity contribution in [2.24, 2.45) is 10.8 Å². The highest BCUT2D eigenvalue weighted by Crippen LogP contribution is 2.66. The zero-order valence-electron chi connectivity index (χ0n) is 27.7. The molecule has 1 aliphatic carbocycles. The summed E-state index contributed by atoms with van der Waals surface area (Å²) >= 11 is 0. The van der Waals surface area contributed by atoms with Gasteiger partial charge in [-0.3, -0.25) is 9.80 Å². The van der Waals surface area contributed by atoms with Gasteiger partial charge < -0.3 is 19.7 Å². The second-order valence-electron chi connectivity index (χ2n) is 15.3. The quantitative estimate of drug-likeness (QED) is 0.247. The first-order valence-electron chi connectivity index (χ1n) is 17.8.